The van der Waals surface area contributed by atoms with Crippen LogP contribution >= 0.6 is 0 Å². The van der Waals surface area contributed by atoms with Crippen LogP contribution in [-0.4, -0.2) is 16.4 Å². The molecule has 1 aliphatic carbocycles. The molecule has 2 heteroatoms. The largest absolute Gasteiger partial charge is 0.336 e. The number of nitrogens with one attached hydrogen (secondary N) is 1. The lowest BCUT2D eigenvalue weighted by Gasteiger charge is -2.22. The van der Waals surface area contributed by atoms with Gasteiger partial charge in [0.05, 0.1) is 10.4 Å². The molecule has 0 aromatic heterocycles. The van der Waals surface area contributed by atoms with Crippen molar-refractivity contribution in [3.05, 3.63) is 48.6 Å². The maximum absolute atomic E-state index is 3.95. The van der Waals surface area contributed by atoms with Crippen LogP contribution < -0.4 is 4.98 Å². The van der Waals surface area contributed by atoms with Crippen LogP contribution in [0.4, 0.5) is 0 Å². The van der Waals surface area contributed by atoms with E-state index in [0.29, 0.717) is 6.04 Å². The maximum Gasteiger partial charge on any atom is 0.0760 e. The van der Waals surface area contributed by atoms with Gasteiger partial charge in [-0.25, -0.2) is 0 Å². The Labute approximate surface area is 70.7 Å². The van der Waals surface area contributed by atoms with Crippen LogP contribution in [0, 0.1) is 0 Å². The Bertz CT molecular complexity index is 250. The first-order valence-corrected chi connectivity index (χ1v) is 4.59. The highest BCUT2D eigenvalue weighted by Gasteiger charge is 2.14. The van der Waals surface area contributed by atoms with Crippen molar-refractivity contribution in [1.29, 1.82) is 0 Å². The van der Waals surface area contributed by atoms with Gasteiger partial charge in [-0.15, -0.1) is 0 Å². The predicted molar refractivity (Wildman–Crippen MR) is 53.4 cm³/mol. The highest BCUT2D eigenvalue weighted by atomic mass is 28.2. The Morgan fingerprint density at radius 1 is 1.36 bits per heavy atom. The molecule has 1 rings (SSSR count). The maximum atomic E-state index is 3.95. The Morgan fingerprint density at radius 2 is 2.00 bits per heavy atom. The van der Waals surface area contributed by atoms with Gasteiger partial charge >= 0.3 is 0 Å². The molecule has 1 nitrogen and oxygen atoms in total. The average Bonchev–Trinajstić information content (AvgIpc) is 2.01. The molecule has 0 aromatic carbocycles. The lowest BCUT2D eigenvalue weighted by Crippen LogP contribution is -2.28. The molecule has 0 spiro atoms. The van der Waals surface area contributed by atoms with Crippen LogP contribution in [0.25, 0.3) is 0 Å². The third-order valence-corrected chi connectivity index (χ3v) is 2.57. The zero-order valence-electron chi connectivity index (χ0n) is 6.85. The van der Waals surface area contributed by atoms with E-state index in [1.54, 1.807) is 0 Å². The highest BCUT2D eigenvalue weighted by molar-refractivity contribution is 6.05. The van der Waals surface area contributed by atoms with E-state index in [1.165, 1.54) is 0 Å². The number of rotatable bonds is 1. The Kier molecular flexibility index (Phi) is 2.27. The number of hydrogen-bond donors (Lipinski definition) is 1. The van der Waals surface area contributed by atoms with E-state index in [1.807, 2.05) is 6.08 Å². The van der Waals surface area contributed by atoms with Crippen LogP contribution in [0.3, 0.4) is 0 Å². The van der Waals surface area contributed by atoms with Gasteiger partial charge in [0.1, 0.15) is 0 Å². The van der Waals surface area contributed by atoms with E-state index < -0.39 is 0 Å². The summed E-state index contributed by atoms with van der Waals surface area (Å²) < 4.78 is 0. The molecule has 0 fully saturated rings. The fourth-order valence-electron chi connectivity index (χ4n) is 1.09. The zero-order valence-corrected chi connectivity index (χ0v) is 8.85. The quantitative estimate of drug-likeness (QED) is 0.554. The molecule has 0 amide bonds. The van der Waals surface area contributed by atoms with Crippen LogP contribution in [0.1, 0.15) is 0 Å². The van der Waals surface area contributed by atoms with Gasteiger partial charge in [0.25, 0.3) is 0 Å². The minimum Gasteiger partial charge on any atom is -0.336 e. The van der Waals surface area contributed by atoms with Gasteiger partial charge < -0.3 is 4.98 Å². The van der Waals surface area contributed by atoms with Gasteiger partial charge in [-0.3, -0.25) is 0 Å². The molecule has 0 radical (unpaired) electrons. The lowest BCUT2D eigenvalue weighted by molar-refractivity contribution is 0.868. The fourth-order valence-corrected chi connectivity index (χ4v) is 1.63. The smallest absolute Gasteiger partial charge is 0.0760 e. The summed E-state index contributed by atoms with van der Waals surface area (Å²) in [6.45, 7) is 11.7. The van der Waals surface area contributed by atoms with E-state index in [9.17, 15) is 0 Å². The Balaban J connectivity index is 2.94. The highest BCUT2D eigenvalue weighted by Crippen LogP contribution is 2.24. The van der Waals surface area contributed by atoms with Gasteiger partial charge in [-0.1, -0.05) is 31.9 Å². The van der Waals surface area contributed by atoms with Gasteiger partial charge in [0.2, 0.25) is 0 Å². The lowest BCUT2D eigenvalue weighted by atomic mass is 9.91. The fraction of sp³-hybridized carbons (Fsp3) is 0.111. The molecule has 1 aliphatic rings. The normalized spacial score (nSPS) is 24.7. The minimum atomic E-state index is 0.291. The van der Waals surface area contributed by atoms with E-state index in [4.69, 9.17) is 0 Å². The molecule has 0 aromatic rings. The zero-order chi connectivity index (χ0) is 8.43. The monoisotopic (exact) mass is 163 g/mol. The van der Waals surface area contributed by atoms with E-state index in [2.05, 4.69) is 30.8 Å². The van der Waals surface area contributed by atoms with Gasteiger partial charge in [-0.2, -0.15) is 0 Å². The molecule has 1 N–H and O–H groups in total. The summed E-state index contributed by atoms with van der Waals surface area (Å²) >= 11 is 0. The standard InChI is InChI=1S/C9H13NSi/c1-6-4-5-9(10-11)8(3)7(6)2/h4-5,9-10H,1-3H2,11H3. The van der Waals surface area contributed by atoms with Gasteiger partial charge in [0, 0.05) is 6.04 Å². The molecular weight excluding hydrogens is 150 g/mol. The molecule has 1 unspecified atom stereocenters. The molecule has 11 heavy (non-hydrogen) atoms. The molecular formula is C9H13NSi. The minimum absolute atomic E-state index is 0.291. The van der Waals surface area contributed by atoms with Crippen molar-refractivity contribution in [3.63, 3.8) is 0 Å². The first-order chi connectivity index (χ1) is 5.16. The van der Waals surface area contributed by atoms with E-state index in [-0.39, 0.29) is 0 Å². The van der Waals surface area contributed by atoms with Crippen molar-refractivity contribution in [2.24, 2.45) is 0 Å². The first-order valence-electron chi connectivity index (χ1n) is 3.59. The molecule has 0 heterocycles. The van der Waals surface area contributed by atoms with Crippen molar-refractivity contribution in [2.45, 2.75) is 6.04 Å². The van der Waals surface area contributed by atoms with Crippen molar-refractivity contribution >= 4 is 10.4 Å². The molecule has 58 valence electrons. The average molecular weight is 163 g/mol. The summed E-state index contributed by atoms with van der Waals surface area (Å²) in [5, 5.41) is 0. The summed E-state index contributed by atoms with van der Waals surface area (Å²) in [4.78, 5) is 3.26. The van der Waals surface area contributed by atoms with Gasteiger partial charge in [0.15, 0.2) is 0 Å². The van der Waals surface area contributed by atoms with E-state index >= 15 is 0 Å². The third kappa shape index (κ3) is 1.41. The molecule has 0 bridgehead atoms. The molecule has 0 aliphatic heterocycles. The summed E-state index contributed by atoms with van der Waals surface area (Å²) in [7, 11) is 0.970. The van der Waals surface area contributed by atoms with Crippen LogP contribution in [0.5, 0.6) is 0 Å². The third-order valence-electron chi connectivity index (χ3n) is 1.95. The molecule has 1 atom stereocenters. The van der Waals surface area contributed by atoms with Crippen molar-refractivity contribution in [1.82, 2.24) is 4.98 Å². The van der Waals surface area contributed by atoms with Crippen LogP contribution in [0.2, 0.25) is 0 Å². The summed E-state index contributed by atoms with van der Waals surface area (Å²) in [6.07, 6.45) is 4.07. The Morgan fingerprint density at radius 3 is 2.55 bits per heavy atom. The van der Waals surface area contributed by atoms with E-state index in [0.717, 1.165) is 27.1 Å². The van der Waals surface area contributed by atoms with Crippen LogP contribution in [0.15, 0.2) is 48.6 Å². The number of hydrogen-bond acceptors (Lipinski definition) is 1. The van der Waals surface area contributed by atoms with Gasteiger partial charge in [-0.05, 0) is 16.7 Å². The van der Waals surface area contributed by atoms with Crippen molar-refractivity contribution in [3.8, 4) is 0 Å². The summed E-state index contributed by atoms with van der Waals surface area (Å²) in [6, 6.07) is 0.291. The van der Waals surface area contributed by atoms with Crippen LogP contribution in [-0.2, 0) is 0 Å². The predicted octanol–water partition coefficient (Wildman–Crippen LogP) is 0.463. The van der Waals surface area contributed by atoms with Crippen molar-refractivity contribution in [2.75, 3.05) is 0 Å². The Hall–Kier alpha value is -0.863. The summed E-state index contributed by atoms with van der Waals surface area (Å²) in [5.41, 5.74) is 3.00. The topological polar surface area (TPSA) is 12.0 Å². The first kappa shape index (κ1) is 8.24. The number of allylic oxidation sites excluding steroid dienone is 2. The van der Waals surface area contributed by atoms with Crippen molar-refractivity contribution < 1.29 is 0 Å². The second kappa shape index (κ2) is 3.03. The SMILES string of the molecule is C=C1C=CC(N[SiH3])C(=C)C1=C. The second-order valence-electron chi connectivity index (χ2n) is 2.65. The molecule has 0 saturated heterocycles. The second-order valence-corrected chi connectivity index (χ2v) is 3.23. The summed E-state index contributed by atoms with van der Waals surface area (Å²) in [5.74, 6) is 0. The molecule has 0 saturated carbocycles.